The minimum absolute atomic E-state index is 0.0444. The van der Waals surface area contributed by atoms with E-state index in [2.05, 4.69) is 5.32 Å². The van der Waals surface area contributed by atoms with Gasteiger partial charge in [-0.1, -0.05) is 6.07 Å². The molecule has 1 atom stereocenters. The van der Waals surface area contributed by atoms with Crippen molar-refractivity contribution in [2.75, 3.05) is 6.54 Å². The fourth-order valence-electron chi connectivity index (χ4n) is 1.80. The van der Waals surface area contributed by atoms with E-state index in [9.17, 15) is 4.79 Å². The Hall–Kier alpha value is -1.06. The van der Waals surface area contributed by atoms with Gasteiger partial charge in [-0.3, -0.25) is 4.79 Å². The molecule has 1 amide bonds. The molecule has 0 aliphatic carbocycles. The Kier molecular flexibility index (Phi) is 4.02. The summed E-state index contributed by atoms with van der Waals surface area (Å²) in [5.41, 5.74) is 2.98. The van der Waals surface area contributed by atoms with E-state index in [1.807, 2.05) is 25.1 Å². The molecule has 0 aromatic heterocycles. The highest BCUT2D eigenvalue weighted by Gasteiger charge is 2.14. The SMILES string of the molecule is CC(Cl)CCNC(=O)c1ccc2c(c1)COC2. The van der Waals surface area contributed by atoms with Gasteiger partial charge >= 0.3 is 0 Å². The first-order valence-electron chi connectivity index (χ1n) is 5.78. The van der Waals surface area contributed by atoms with Gasteiger partial charge < -0.3 is 10.1 Å². The molecule has 2 rings (SSSR count). The normalized spacial score (nSPS) is 15.4. The number of carbonyl (C=O) groups is 1. The van der Waals surface area contributed by atoms with E-state index in [0.717, 1.165) is 12.0 Å². The molecule has 1 heterocycles. The molecule has 1 aliphatic heterocycles. The first-order chi connectivity index (χ1) is 8.16. The van der Waals surface area contributed by atoms with E-state index in [1.54, 1.807) is 0 Å². The molecule has 0 spiro atoms. The van der Waals surface area contributed by atoms with E-state index >= 15 is 0 Å². The third-order valence-corrected chi connectivity index (χ3v) is 3.03. The monoisotopic (exact) mass is 253 g/mol. The van der Waals surface area contributed by atoms with Crippen LogP contribution in [0, 0.1) is 0 Å². The van der Waals surface area contributed by atoms with Crippen LogP contribution in [0.4, 0.5) is 0 Å². The summed E-state index contributed by atoms with van der Waals surface area (Å²) in [5, 5.41) is 2.94. The Bertz CT molecular complexity index is 418. The van der Waals surface area contributed by atoms with Crippen molar-refractivity contribution in [3.63, 3.8) is 0 Å². The quantitative estimate of drug-likeness (QED) is 0.838. The Morgan fingerprint density at radius 3 is 3.00 bits per heavy atom. The summed E-state index contributed by atoms with van der Waals surface area (Å²) in [6, 6.07) is 5.70. The largest absolute Gasteiger partial charge is 0.372 e. The molecule has 0 bridgehead atoms. The Balaban J connectivity index is 1.95. The number of nitrogens with one attached hydrogen (secondary N) is 1. The maximum Gasteiger partial charge on any atom is 0.251 e. The zero-order chi connectivity index (χ0) is 12.3. The average Bonchev–Trinajstić information content (AvgIpc) is 2.75. The number of benzene rings is 1. The van der Waals surface area contributed by atoms with Crippen molar-refractivity contribution in [1.29, 1.82) is 0 Å². The number of hydrogen-bond acceptors (Lipinski definition) is 2. The van der Waals surface area contributed by atoms with Gasteiger partial charge in [0.15, 0.2) is 0 Å². The van der Waals surface area contributed by atoms with Crippen molar-refractivity contribution < 1.29 is 9.53 Å². The van der Waals surface area contributed by atoms with Crippen molar-refractivity contribution in [1.82, 2.24) is 5.32 Å². The summed E-state index contributed by atoms with van der Waals surface area (Å²) in [4.78, 5) is 11.8. The van der Waals surface area contributed by atoms with Crippen molar-refractivity contribution in [3.8, 4) is 0 Å². The van der Waals surface area contributed by atoms with Crippen LogP contribution in [-0.2, 0) is 18.0 Å². The zero-order valence-corrected chi connectivity index (χ0v) is 10.6. The predicted octanol–water partition coefficient (Wildman–Crippen LogP) is 2.46. The van der Waals surface area contributed by atoms with Crippen LogP contribution in [0.3, 0.4) is 0 Å². The van der Waals surface area contributed by atoms with Crippen molar-refractivity contribution >= 4 is 17.5 Å². The maximum absolute atomic E-state index is 11.8. The Labute approximate surface area is 106 Å². The first kappa shape index (κ1) is 12.4. The van der Waals surface area contributed by atoms with E-state index in [-0.39, 0.29) is 11.3 Å². The van der Waals surface area contributed by atoms with Crippen molar-refractivity contribution in [2.24, 2.45) is 0 Å². The highest BCUT2D eigenvalue weighted by molar-refractivity contribution is 6.20. The van der Waals surface area contributed by atoms with Crippen LogP contribution in [0.5, 0.6) is 0 Å². The molecule has 1 N–H and O–H groups in total. The lowest BCUT2D eigenvalue weighted by atomic mass is 10.1. The second-order valence-electron chi connectivity index (χ2n) is 4.30. The fraction of sp³-hybridized carbons (Fsp3) is 0.462. The van der Waals surface area contributed by atoms with Crippen LogP contribution in [0.2, 0.25) is 0 Å². The number of amides is 1. The third kappa shape index (κ3) is 3.20. The summed E-state index contributed by atoms with van der Waals surface area (Å²) < 4.78 is 5.31. The lowest BCUT2D eigenvalue weighted by Crippen LogP contribution is -2.25. The lowest BCUT2D eigenvalue weighted by molar-refractivity contribution is 0.0953. The van der Waals surface area contributed by atoms with E-state index in [0.29, 0.717) is 25.3 Å². The molecule has 0 saturated carbocycles. The highest BCUT2D eigenvalue weighted by Crippen LogP contribution is 2.20. The number of carbonyl (C=O) groups excluding carboxylic acids is 1. The first-order valence-corrected chi connectivity index (χ1v) is 6.22. The van der Waals surface area contributed by atoms with Crippen LogP contribution >= 0.6 is 11.6 Å². The fourth-order valence-corrected chi connectivity index (χ4v) is 1.91. The summed E-state index contributed by atoms with van der Waals surface area (Å²) in [7, 11) is 0. The minimum Gasteiger partial charge on any atom is -0.372 e. The Morgan fingerprint density at radius 1 is 1.47 bits per heavy atom. The van der Waals surface area contributed by atoms with Crippen LogP contribution in [-0.4, -0.2) is 17.8 Å². The molecule has 3 nitrogen and oxygen atoms in total. The molecule has 0 radical (unpaired) electrons. The summed E-state index contributed by atoms with van der Waals surface area (Å²) in [5.74, 6) is -0.0444. The lowest BCUT2D eigenvalue weighted by Gasteiger charge is -2.07. The topological polar surface area (TPSA) is 38.3 Å². The number of halogens is 1. The highest BCUT2D eigenvalue weighted by atomic mass is 35.5. The van der Waals surface area contributed by atoms with E-state index < -0.39 is 0 Å². The van der Waals surface area contributed by atoms with Gasteiger partial charge in [-0.05, 0) is 36.6 Å². The van der Waals surface area contributed by atoms with Gasteiger partial charge in [-0.15, -0.1) is 11.6 Å². The molecule has 1 aromatic rings. The molecule has 1 aromatic carbocycles. The number of alkyl halides is 1. The van der Waals surface area contributed by atoms with E-state index in [4.69, 9.17) is 16.3 Å². The van der Waals surface area contributed by atoms with Crippen LogP contribution in [0.15, 0.2) is 18.2 Å². The molecule has 17 heavy (non-hydrogen) atoms. The van der Waals surface area contributed by atoms with Crippen molar-refractivity contribution in [2.45, 2.75) is 31.9 Å². The minimum atomic E-state index is -0.0444. The van der Waals surface area contributed by atoms with Gasteiger partial charge in [-0.2, -0.15) is 0 Å². The smallest absolute Gasteiger partial charge is 0.251 e. The second kappa shape index (κ2) is 5.52. The summed E-state index contributed by atoms with van der Waals surface area (Å²) in [6.07, 6.45) is 0.779. The second-order valence-corrected chi connectivity index (χ2v) is 5.05. The third-order valence-electron chi connectivity index (χ3n) is 2.81. The van der Waals surface area contributed by atoms with Gasteiger partial charge in [0, 0.05) is 17.5 Å². The molecule has 1 aliphatic rings. The van der Waals surface area contributed by atoms with Gasteiger partial charge in [0.25, 0.3) is 5.91 Å². The van der Waals surface area contributed by atoms with Gasteiger partial charge in [-0.25, -0.2) is 0 Å². The zero-order valence-electron chi connectivity index (χ0n) is 9.83. The van der Waals surface area contributed by atoms with Gasteiger partial charge in [0.1, 0.15) is 0 Å². The molecule has 4 heteroatoms. The molecular weight excluding hydrogens is 238 g/mol. The van der Waals surface area contributed by atoms with Gasteiger partial charge in [0.05, 0.1) is 13.2 Å². The Morgan fingerprint density at radius 2 is 2.24 bits per heavy atom. The summed E-state index contributed by atoms with van der Waals surface area (Å²) >= 11 is 5.82. The van der Waals surface area contributed by atoms with Gasteiger partial charge in [0.2, 0.25) is 0 Å². The standard InChI is InChI=1S/C13H16ClNO2/c1-9(14)4-5-15-13(16)10-2-3-11-7-17-8-12(11)6-10/h2-3,6,9H,4-5,7-8H2,1H3,(H,15,16). The summed E-state index contributed by atoms with van der Waals surface area (Å²) in [6.45, 7) is 3.79. The molecule has 92 valence electrons. The molecule has 0 saturated heterocycles. The number of rotatable bonds is 4. The van der Waals surface area contributed by atoms with E-state index in [1.165, 1.54) is 5.56 Å². The maximum atomic E-state index is 11.8. The molecule has 0 fully saturated rings. The van der Waals surface area contributed by atoms with Crippen molar-refractivity contribution in [3.05, 3.63) is 34.9 Å². The number of hydrogen-bond donors (Lipinski definition) is 1. The molecular formula is C13H16ClNO2. The van der Waals surface area contributed by atoms with Crippen LogP contribution < -0.4 is 5.32 Å². The van der Waals surface area contributed by atoms with Crippen LogP contribution in [0.1, 0.15) is 34.8 Å². The predicted molar refractivity (Wildman–Crippen MR) is 67.2 cm³/mol. The number of fused-ring (bicyclic) bond motifs is 1. The van der Waals surface area contributed by atoms with Crippen LogP contribution in [0.25, 0.3) is 0 Å². The average molecular weight is 254 g/mol. The number of ether oxygens (including phenoxy) is 1. The molecule has 1 unspecified atom stereocenters.